The predicted molar refractivity (Wildman–Crippen MR) is 157 cm³/mol. The summed E-state index contributed by atoms with van der Waals surface area (Å²) in [6.07, 6.45) is 1.73. The van der Waals surface area contributed by atoms with Crippen molar-refractivity contribution in [3.8, 4) is 17.2 Å². The molecule has 0 saturated heterocycles. The van der Waals surface area contributed by atoms with Crippen LogP contribution >= 0.6 is 11.3 Å². The molecule has 0 radical (unpaired) electrons. The van der Waals surface area contributed by atoms with E-state index in [1.807, 2.05) is 61.5 Å². The van der Waals surface area contributed by atoms with Gasteiger partial charge in [-0.3, -0.25) is 9.36 Å². The van der Waals surface area contributed by atoms with Gasteiger partial charge < -0.3 is 19.3 Å². The molecule has 8 nitrogen and oxygen atoms in total. The van der Waals surface area contributed by atoms with Gasteiger partial charge in [0, 0.05) is 0 Å². The zero-order valence-electron chi connectivity index (χ0n) is 23.0. The summed E-state index contributed by atoms with van der Waals surface area (Å²) in [5, 5.41) is 10.1. The second-order valence-electron chi connectivity index (χ2n) is 9.31. The van der Waals surface area contributed by atoms with Gasteiger partial charge in [-0.05, 0) is 67.8 Å². The molecule has 1 atom stereocenters. The van der Waals surface area contributed by atoms with Crippen LogP contribution in [-0.2, 0) is 16.1 Å². The molecule has 3 aromatic carbocycles. The molecular weight excluding hydrogens is 540 g/mol. The molecule has 0 amide bonds. The Balaban J connectivity index is 1.56. The van der Waals surface area contributed by atoms with E-state index in [2.05, 4.69) is 4.99 Å². The number of hydrogen-bond donors (Lipinski definition) is 1. The number of esters is 1. The van der Waals surface area contributed by atoms with Gasteiger partial charge >= 0.3 is 5.97 Å². The summed E-state index contributed by atoms with van der Waals surface area (Å²) >= 11 is 1.23. The third-order valence-electron chi connectivity index (χ3n) is 6.54. The maximum Gasteiger partial charge on any atom is 0.338 e. The largest absolute Gasteiger partial charge is 0.504 e. The Morgan fingerprint density at radius 1 is 1.02 bits per heavy atom. The highest BCUT2D eigenvalue weighted by molar-refractivity contribution is 7.07. The van der Waals surface area contributed by atoms with E-state index >= 15 is 0 Å². The molecule has 1 unspecified atom stereocenters. The van der Waals surface area contributed by atoms with Gasteiger partial charge in [-0.2, -0.15) is 0 Å². The second kappa shape index (κ2) is 12.3. The molecule has 1 aliphatic heterocycles. The van der Waals surface area contributed by atoms with Crippen molar-refractivity contribution in [2.24, 2.45) is 4.99 Å². The number of carbonyl (C=O) groups excluding carboxylic acids is 1. The first-order chi connectivity index (χ1) is 19.9. The van der Waals surface area contributed by atoms with Crippen LogP contribution in [0.15, 0.2) is 93.9 Å². The van der Waals surface area contributed by atoms with Gasteiger partial charge in [0.15, 0.2) is 16.3 Å². The second-order valence-corrected chi connectivity index (χ2v) is 10.3. The van der Waals surface area contributed by atoms with Gasteiger partial charge in [-0.1, -0.05) is 59.9 Å². The van der Waals surface area contributed by atoms with Gasteiger partial charge in [0.2, 0.25) is 0 Å². The van der Waals surface area contributed by atoms with Crippen LogP contribution in [0.4, 0.5) is 0 Å². The molecule has 1 aromatic heterocycles. The highest BCUT2D eigenvalue weighted by atomic mass is 32.1. The first-order valence-corrected chi connectivity index (χ1v) is 14.1. The molecule has 9 heteroatoms. The maximum atomic E-state index is 13.8. The first-order valence-electron chi connectivity index (χ1n) is 13.3. The number of hydrogen-bond acceptors (Lipinski definition) is 8. The molecule has 0 aliphatic carbocycles. The molecule has 41 heavy (non-hydrogen) atoms. The minimum Gasteiger partial charge on any atom is -0.504 e. The Morgan fingerprint density at radius 2 is 1.78 bits per heavy atom. The number of aromatic hydroxyl groups is 1. The Labute approximate surface area is 241 Å². The van der Waals surface area contributed by atoms with Crippen LogP contribution in [0.5, 0.6) is 17.2 Å². The number of nitrogens with zero attached hydrogens (tertiary/aromatic N) is 2. The molecule has 1 N–H and O–H groups in total. The molecule has 0 bridgehead atoms. The first kappa shape index (κ1) is 27.9. The lowest BCUT2D eigenvalue weighted by Crippen LogP contribution is -2.39. The van der Waals surface area contributed by atoms with E-state index in [1.54, 1.807) is 36.6 Å². The van der Waals surface area contributed by atoms with E-state index in [0.29, 0.717) is 50.9 Å². The van der Waals surface area contributed by atoms with E-state index in [9.17, 15) is 14.7 Å². The van der Waals surface area contributed by atoms with Crippen molar-refractivity contribution >= 4 is 23.4 Å². The SMILES string of the molecule is CCOC(=O)C1=C(C)N=c2s/c(=C\c3ccc(O)c(OCC)c3)c(=O)n2C1c1ccc(OCc2ccccc2)cc1. The minimum atomic E-state index is -0.727. The van der Waals surface area contributed by atoms with E-state index in [4.69, 9.17) is 14.2 Å². The lowest BCUT2D eigenvalue weighted by Gasteiger charge is -2.24. The average molecular weight is 571 g/mol. The molecule has 1 aliphatic rings. The summed E-state index contributed by atoms with van der Waals surface area (Å²) in [7, 11) is 0. The monoisotopic (exact) mass is 570 g/mol. The fourth-order valence-electron chi connectivity index (χ4n) is 4.64. The van der Waals surface area contributed by atoms with E-state index in [0.717, 1.165) is 11.1 Å². The number of phenolic OH excluding ortho intramolecular Hbond substituents is 1. The van der Waals surface area contributed by atoms with Crippen LogP contribution in [0.2, 0.25) is 0 Å². The number of benzene rings is 3. The molecule has 0 fully saturated rings. The fraction of sp³-hybridized carbons (Fsp3) is 0.219. The topological polar surface area (TPSA) is 99.4 Å². The van der Waals surface area contributed by atoms with Gasteiger partial charge in [-0.25, -0.2) is 9.79 Å². The van der Waals surface area contributed by atoms with E-state index in [1.165, 1.54) is 17.4 Å². The van der Waals surface area contributed by atoms with Crippen molar-refractivity contribution in [2.45, 2.75) is 33.4 Å². The number of thiazole rings is 1. The molecule has 5 rings (SSSR count). The summed E-state index contributed by atoms with van der Waals surface area (Å²) in [4.78, 5) is 32.1. The molecule has 0 spiro atoms. The van der Waals surface area contributed by atoms with Crippen LogP contribution in [0.3, 0.4) is 0 Å². The Bertz CT molecular complexity index is 1770. The average Bonchev–Trinajstić information content (AvgIpc) is 3.28. The third-order valence-corrected chi connectivity index (χ3v) is 7.53. The van der Waals surface area contributed by atoms with Crippen molar-refractivity contribution in [2.75, 3.05) is 13.2 Å². The third kappa shape index (κ3) is 5.95. The zero-order valence-corrected chi connectivity index (χ0v) is 23.8. The summed E-state index contributed by atoms with van der Waals surface area (Å²) in [5.41, 5.74) is 2.98. The molecule has 0 saturated carbocycles. The summed E-state index contributed by atoms with van der Waals surface area (Å²) in [5.74, 6) is 0.511. The lowest BCUT2D eigenvalue weighted by molar-refractivity contribution is -0.139. The van der Waals surface area contributed by atoms with E-state index in [-0.39, 0.29) is 17.9 Å². The Kier molecular flexibility index (Phi) is 8.35. The van der Waals surface area contributed by atoms with Gasteiger partial charge in [-0.15, -0.1) is 0 Å². The highest BCUT2D eigenvalue weighted by Gasteiger charge is 2.33. The zero-order chi connectivity index (χ0) is 28.9. The van der Waals surface area contributed by atoms with Crippen LogP contribution < -0.4 is 24.4 Å². The Morgan fingerprint density at radius 3 is 2.49 bits per heavy atom. The number of carbonyl (C=O) groups is 1. The molecule has 210 valence electrons. The Hall–Kier alpha value is -4.63. The van der Waals surface area contributed by atoms with Crippen molar-refractivity contribution < 1.29 is 24.1 Å². The van der Waals surface area contributed by atoms with E-state index < -0.39 is 12.0 Å². The number of rotatable bonds is 9. The van der Waals surface area contributed by atoms with Gasteiger partial charge in [0.1, 0.15) is 12.4 Å². The quantitative estimate of drug-likeness (QED) is 0.298. The van der Waals surface area contributed by atoms with Crippen LogP contribution in [0, 0.1) is 0 Å². The number of aromatic nitrogens is 1. The number of allylic oxidation sites excluding steroid dienone is 1. The van der Waals surface area contributed by atoms with Gasteiger partial charge in [0.25, 0.3) is 5.56 Å². The van der Waals surface area contributed by atoms with Crippen molar-refractivity contribution in [1.29, 1.82) is 0 Å². The number of ether oxygens (including phenoxy) is 3. The van der Waals surface area contributed by atoms with Crippen molar-refractivity contribution in [3.05, 3.63) is 120 Å². The van der Waals surface area contributed by atoms with Crippen molar-refractivity contribution in [3.63, 3.8) is 0 Å². The van der Waals surface area contributed by atoms with Crippen LogP contribution in [0.1, 0.15) is 43.5 Å². The lowest BCUT2D eigenvalue weighted by atomic mass is 9.96. The molecule has 4 aromatic rings. The fourth-order valence-corrected chi connectivity index (χ4v) is 5.68. The minimum absolute atomic E-state index is 0.0244. The standard InChI is InChI=1S/C32H30N2O6S/c1-4-38-26-17-22(11-16-25(26)35)18-27-30(36)34-29(28(31(37)39-5-2)20(3)33-32(34)41-27)23-12-14-24(15-13-23)40-19-21-9-7-6-8-10-21/h6-18,29,35H,4-5,19H2,1-3H3/b27-18-. The summed E-state index contributed by atoms with van der Waals surface area (Å²) < 4.78 is 18.8. The normalized spacial score (nSPS) is 14.8. The number of phenols is 1. The van der Waals surface area contributed by atoms with Crippen molar-refractivity contribution in [1.82, 2.24) is 4.57 Å². The van der Waals surface area contributed by atoms with Crippen LogP contribution in [-0.4, -0.2) is 28.9 Å². The number of fused-ring (bicyclic) bond motifs is 1. The predicted octanol–water partition coefficient (Wildman–Crippen LogP) is 4.48. The van der Waals surface area contributed by atoms with Crippen LogP contribution in [0.25, 0.3) is 6.08 Å². The maximum absolute atomic E-state index is 13.8. The molecule has 2 heterocycles. The van der Waals surface area contributed by atoms with Gasteiger partial charge in [0.05, 0.1) is 35.1 Å². The highest BCUT2D eigenvalue weighted by Crippen LogP contribution is 2.32. The summed E-state index contributed by atoms with van der Waals surface area (Å²) in [6.45, 7) is 6.33. The molecular formula is C32H30N2O6S. The smallest absolute Gasteiger partial charge is 0.338 e. The summed E-state index contributed by atoms with van der Waals surface area (Å²) in [6, 6.07) is 21.4.